The molecular weight excluding hydrogens is 304 g/mol. The summed E-state index contributed by atoms with van der Waals surface area (Å²) < 4.78 is 0. The molecule has 0 aliphatic carbocycles. The largest absolute Gasteiger partial charge is 0.363 e. The number of primary amides is 1. The molecule has 116 valence electrons. The van der Waals surface area contributed by atoms with Gasteiger partial charge in [-0.1, -0.05) is 12.1 Å². The van der Waals surface area contributed by atoms with Crippen LogP contribution in [0.4, 0.5) is 0 Å². The van der Waals surface area contributed by atoms with E-state index in [2.05, 4.69) is 25.1 Å². The van der Waals surface area contributed by atoms with E-state index in [0.717, 1.165) is 27.9 Å². The number of rotatable bonds is 3. The van der Waals surface area contributed by atoms with Crippen LogP contribution in [-0.2, 0) is 0 Å². The van der Waals surface area contributed by atoms with Crippen molar-refractivity contribution in [3.63, 3.8) is 0 Å². The fourth-order valence-electron chi connectivity index (χ4n) is 2.53. The number of nitrogens with two attached hydrogens (primary N) is 1. The molecule has 4 aromatic rings. The third-order valence-electron chi connectivity index (χ3n) is 3.67. The molecule has 0 saturated heterocycles. The Hall–Kier alpha value is -3.61. The van der Waals surface area contributed by atoms with Gasteiger partial charge < -0.3 is 5.73 Å². The number of aromatic amines is 1. The van der Waals surface area contributed by atoms with Gasteiger partial charge in [0.2, 0.25) is 5.82 Å². The lowest BCUT2D eigenvalue weighted by atomic mass is 10.0. The van der Waals surface area contributed by atoms with Gasteiger partial charge in [-0.3, -0.25) is 14.9 Å². The van der Waals surface area contributed by atoms with Crippen LogP contribution in [0.5, 0.6) is 0 Å². The maximum Gasteiger partial charge on any atom is 0.286 e. The van der Waals surface area contributed by atoms with Gasteiger partial charge >= 0.3 is 0 Å². The third-order valence-corrected chi connectivity index (χ3v) is 3.67. The summed E-state index contributed by atoms with van der Waals surface area (Å²) in [7, 11) is 0. The Morgan fingerprint density at radius 1 is 1.08 bits per heavy atom. The van der Waals surface area contributed by atoms with Crippen molar-refractivity contribution in [3.05, 3.63) is 60.8 Å². The van der Waals surface area contributed by atoms with Crippen LogP contribution in [0.1, 0.15) is 10.6 Å². The number of amides is 1. The van der Waals surface area contributed by atoms with Crippen LogP contribution in [0.15, 0.2) is 55.0 Å². The molecule has 4 rings (SSSR count). The number of carbonyl (C=O) groups excluding carboxylic acids is 1. The van der Waals surface area contributed by atoms with Gasteiger partial charge in [0, 0.05) is 23.3 Å². The SMILES string of the molecule is NC(=O)c1ncc2cc(-c3cn[nH]c3-c3ccccn3)ccc2n1. The number of benzene rings is 1. The molecule has 0 radical (unpaired) electrons. The number of aromatic nitrogens is 5. The van der Waals surface area contributed by atoms with Crippen LogP contribution in [0.2, 0.25) is 0 Å². The predicted molar refractivity (Wildman–Crippen MR) is 88.9 cm³/mol. The van der Waals surface area contributed by atoms with E-state index < -0.39 is 5.91 Å². The molecule has 0 spiro atoms. The van der Waals surface area contributed by atoms with E-state index in [1.165, 1.54) is 0 Å². The molecule has 3 N–H and O–H groups in total. The minimum atomic E-state index is -0.645. The number of nitrogens with zero attached hydrogens (tertiary/aromatic N) is 4. The summed E-state index contributed by atoms with van der Waals surface area (Å²) >= 11 is 0. The molecule has 24 heavy (non-hydrogen) atoms. The molecular formula is C17H12N6O. The van der Waals surface area contributed by atoms with Crippen molar-refractivity contribution in [3.8, 4) is 22.5 Å². The highest BCUT2D eigenvalue weighted by Crippen LogP contribution is 2.30. The monoisotopic (exact) mass is 316 g/mol. The Kier molecular flexibility index (Phi) is 3.24. The fourth-order valence-corrected chi connectivity index (χ4v) is 2.53. The molecule has 0 atom stereocenters. The highest BCUT2D eigenvalue weighted by molar-refractivity contribution is 5.92. The van der Waals surface area contributed by atoms with Crippen molar-refractivity contribution < 1.29 is 4.79 Å². The van der Waals surface area contributed by atoms with Crippen molar-refractivity contribution in [2.45, 2.75) is 0 Å². The van der Waals surface area contributed by atoms with E-state index in [1.54, 1.807) is 18.6 Å². The van der Waals surface area contributed by atoms with Gasteiger partial charge in [-0.2, -0.15) is 5.10 Å². The van der Waals surface area contributed by atoms with E-state index >= 15 is 0 Å². The molecule has 0 unspecified atom stereocenters. The summed E-state index contributed by atoms with van der Waals surface area (Å²) in [5.74, 6) is -0.638. The number of nitrogens with one attached hydrogen (secondary N) is 1. The number of H-pyrrole nitrogens is 1. The number of hydrogen-bond acceptors (Lipinski definition) is 5. The number of carbonyl (C=O) groups is 1. The zero-order chi connectivity index (χ0) is 16.5. The minimum absolute atomic E-state index is 0.00716. The van der Waals surface area contributed by atoms with Gasteiger partial charge in [0.15, 0.2) is 0 Å². The zero-order valence-corrected chi connectivity index (χ0v) is 12.5. The number of hydrogen-bond donors (Lipinski definition) is 2. The van der Waals surface area contributed by atoms with Gasteiger partial charge in [0.05, 0.1) is 23.1 Å². The van der Waals surface area contributed by atoms with E-state index in [-0.39, 0.29) is 5.82 Å². The summed E-state index contributed by atoms with van der Waals surface area (Å²) in [4.78, 5) is 23.7. The second-order valence-electron chi connectivity index (χ2n) is 5.21. The molecule has 1 amide bonds. The zero-order valence-electron chi connectivity index (χ0n) is 12.5. The average Bonchev–Trinajstić information content (AvgIpc) is 3.11. The first-order valence-corrected chi connectivity index (χ1v) is 7.24. The van der Waals surface area contributed by atoms with E-state index in [1.807, 2.05) is 36.4 Å². The summed E-state index contributed by atoms with van der Waals surface area (Å²) in [6.07, 6.45) is 5.08. The minimum Gasteiger partial charge on any atom is -0.363 e. The van der Waals surface area contributed by atoms with Crippen LogP contribution in [0.25, 0.3) is 33.4 Å². The molecule has 3 heterocycles. The van der Waals surface area contributed by atoms with Crippen LogP contribution in [0, 0.1) is 0 Å². The second-order valence-corrected chi connectivity index (χ2v) is 5.21. The Labute approximate surface area is 136 Å². The van der Waals surface area contributed by atoms with Gasteiger partial charge in [0.1, 0.15) is 0 Å². The van der Waals surface area contributed by atoms with Crippen LogP contribution >= 0.6 is 0 Å². The summed E-state index contributed by atoms with van der Waals surface area (Å²) in [5.41, 5.74) is 9.40. The maximum absolute atomic E-state index is 11.2. The maximum atomic E-state index is 11.2. The fraction of sp³-hybridized carbons (Fsp3) is 0. The second kappa shape index (κ2) is 5.54. The first-order chi connectivity index (χ1) is 11.7. The molecule has 7 heteroatoms. The predicted octanol–water partition coefficient (Wildman–Crippen LogP) is 2.18. The van der Waals surface area contributed by atoms with E-state index in [0.29, 0.717) is 5.52 Å². The van der Waals surface area contributed by atoms with Gasteiger partial charge in [-0.05, 0) is 29.8 Å². The molecule has 0 aliphatic heterocycles. The first-order valence-electron chi connectivity index (χ1n) is 7.24. The standard InChI is InChI=1S/C17H12N6O/c18-16(24)17-20-8-11-7-10(4-5-13(11)22-17)12-9-21-23-15(12)14-3-1-2-6-19-14/h1-9H,(H2,18,24)(H,21,23). The van der Waals surface area contributed by atoms with Crippen LogP contribution in [-0.4, -0.2) is 31.1 Å². The topological polar surface area (TPSA) is 110 Å². The Morgan fingerprint density at radius 3 is 2.79 bits per heavy atom. The van der Waals surface area contributed by atoms with E-state index in [4.69, 9.17) is 5.73 Å². The Morgan fingerprint density at radius 2 is 2.00 bits per heavy atom. The summed E-state index contributed by atoms with van der Waals surface area (Å²) in [5, 5.41) is 7.93. The van der Waals surface area contributed by atoms with Crippen LogP contribution in [0.3, 0.4) is 0 Å². The highest BCUT2D eigenvalue weighted by Gasteiger charge is 2.12. The molecule has 0 aliphatic rings. The van der Waals surface area contributed by atoms with Crippen molar-refractivity contribution in [2.24, 2.45) is 5.73 Å². The van der Waals surface area contributed by atoms with Gasteiger partial charge in [-0.15, -0.1) is 0 Å². The Bertz CT molecular complexity index is 1040. The number of fused-ring (bicyclic) bond motifs is 1. The lowest BCUT2D eigenvalue weighted by molar-refractivity contribution is 0.0991. The van der Waals surface area contributed by atoms with Crippen molar-refractivity contribution >= 4 is 16.8 Å². The lowest BCUT2D eigenvalue weighted by Gasteiger charge is -2.05. The van der Waals surface area contributed by atoms with Gasteiger partial charge in [-0.25, -0.2) is 9.97 Å². The molecule has 7 nitrogen and oxygen atoms in total. The number of pyridine rings is 1. The average molecular weight is 316 g/mol. The Balaban J connectivity index is 1.82. The first kappa shape index (κ1) is 14.0. The van der Waals surface area contributed by atoms with E-state index in [9.17, 15) is 4.79 Å². The van der Waals surface area contributed by atoms with Crippen LogP contribution < -0.4 is 5.73 Å². The van der Waals surface area contributed by atoms with Crippen molar-refractivity contribution in [2.75, 3.05) is 0 Å². The van der Waals surface area contributed by atoms with Crippen molar-refractivity contribution in [1.82, 2.24) is 25.1 Å². The molecule has 3 aromatic heterocycles. The highest BCUT2D eigenvalue weighted by atomic mass is 16.1. The van der Waals surface area contributed by atoms with Crippen molar-refractivity contribution in [1.29, 1.82) is 0 Å². The normalized spacial score (nSPS) is 10.8. The summed E-state index contributed by atoms with van der Waals surface area (Å²) in [6.45, 7) is 0. The molecule has 0 saturated carbocycles. The quantitative estimate of drug-likeness (QED) is 0.602. The lowest BCUT2D eigenvalue weighted by Crippen LogP contribution is -2.14. The molecule has 1 aromatic carbocycles. The smallest absolute Gasteiger partial charge is 0.286 e. The van der Waals surface area contributed by atoms with Gasteiger partial charge in [0.25, 0.3) is 5.91 Å². The summed E-state index contributed by atoms with van der Waals surface area (Å²) in [6, 6.07) is 11.4. The molecule has 0 bridgehead atoms. The molecule has 0 fully saturated rings. The third kappa shape index (κ3) is 2.38.